The van der Waals surface area contributed by atoms with Crippen LogP contribution in [-0.4, -0.2) is 46.0 Å². The maximum atomic E-state index is 12.5. The van der Waals surface area contributed by atoms with Crippen molar-refractivity contribution in [2.24, 2.45) is 0 Å². The monoisotopic (exact) mass is 296 g/mol. The van der Waals surface area contributed by atoms with Crippen molar-refractivity contribution in [2.75, 3.05) is 13.6 Å². The number of urea groups is 1. The van der Waals surface area contributed by atoms with Gasteiger partial charge in [0.1, 0.15) is 11.5 Å². The smallest absolute Gasteiger partial charge is 0.320 e. The highest BCUT2D eigenvalue weighted by Crippen LogP contribution is 2.17. The van der Waals surface area contributed by atoms with Crippen molar-refractivity contribution in [3.63, 3.8) is 0 Å². The normalized spacial score (nSPS) is 11.3. The van der Waals surface area contributed by atoms with E-state index in [4.69, 9.17) is 9.52 Å². The number of furan rings is 1. The molecule has 0 saturated heterocycles. The van der Waals surface area contributed by atoms with Gasteiger partial charge in [0, 0.05) is 19.1 Å². The van der Waals surface area contributed by atoms with Crippen LogP contribution in [0.1, 0.15) is 38.7 Å². The number of hydrogen-bond acceptors (Lipinski definition) is 3. The third kappa shape index (κ3) is 5.13. The first-order valence-electron chi connectivity index (χ1n) is 6.91. The van der Waals surface area contributed by atoms with E-state index in [1.165, 1.54) is 4.90 Å². The fourth-order valence-corrected chi connectivity index (χ4v) is 2.00. The van der Waals surface area contributed by atoms with Crippen molar-refractivity contribution in [1.82, 2.24) is 9.80 Å². The standard InChI is InChI=1S/C15H24N2O4/c1-11-6-7-12(21-11)10-16(5)14(20)17(15(2,3)4)9-8-13(18)19/h6-7H,8-10H2,1-5H3,(H,18,19). The van der Waals surface area contributed by atoms with Gasteiger partial charge in [-0.2, -0.15) is 0 Å². The Balaban J connectivity index is 2.76. The molecule has 6 nitrogen and oxygen atoms in total. The number of carbonyl (C=O) groups is 2. The molecule has 1 N–H and O–H groups in total. The van der Waals surface area contributed by atoms with Gasteiger partial charge in [0.2, 0.25) is 0 Å². The lowest BCUT2D eigenvalue weighted by Crippen LogP contribution is -2.51. The molecule has 0 aromatic carbocycles. The summed E-state index contributed by atoms with van der Waals surface area (Å²) in [6, 6.07) is 3.47. The zero-order valence-corrected chi connectivity index (χ0v) is 13.3. The molecule has 21 heavy (non-hydrogen) atoms. The first-order chi connectivity index (χ1) is 9.61. The maximum Gasteiger partial charge on any atom is 0.320 e. The van der Waals surface area contributed by atoms with Gasteiger partial charge in [0.15, 0.2) is 0 Å². The summed E-state index contributed by atoms with van der Waals surface area (Å²) in [7, 11) is 1.68. The average molecular weight is 296 g/mol. The molecule has 1 rings (SSSR count). The molecule has 0 aliphatic heterocycles. The highest BCUT2D eigenvalue weighted by atomic mass is 16.4. The van der Waals surface area contributed by atoms with Gasteiger partial charge in [0.05, 0.1) is 13.0 Å². The van der Waals surface area contributed by atoms with Crippen LogP contribution in [0.15, 0.2) is 16.5 Å². The first-order valence-corrected chi connectivity index (χ1v) is 6.91. The molecule has 0 fully saturated rings. The van der Waals surface area contributed by atoms with E-state index in [1.807, 2.05) is 39.8 Å². The quantitative estimate of drug-likeness (QED) is 0.906. The summed E-state index contributed by atoms with van der Waals surface area (Å²) < 4.78 is 5.46. The molecular weight excluding hydrogens is 272 g/mol. The number of carboxylic acid groups (broad SMARTS) is 1. The largest absolute Gasteiger partial charge is 0.481 e. The van der Waals surface area contributed by atoms with Gasteiger partial charge in [-0.1, -0.05) is 0 Å². The fourth-order valence-electron chi connectivity index (χ4n) is 2.00. The van der Waals surface area contributed by atoms with Crippen LogP contribution in [0.4, 0.5) is 4.79 Å². The number of rotatable bonds is 5. The molecule has 0 bridgehead atoms. The molecule has 0 spiro atoms. The second-order valence-corrected chi connectivity index (χ2v) is 6.12. The van der Waals surface area contributed by atoms with Crippen molar-refractivity contribution < 1.29 is 19.1 Å². The van der Waals surface area contributed by atoms with Crippen molar-refractivity contribution in [3.05, 3.63) is 23.7 Å². The van der Waals surface area contributed by atoms with Crippen molar-refractivity contribution in [1.29, 1.82) is 0 Å². The van der Waals surface area contributed by atoms with Crippen LogP contribution in [0.2, 0.25) is 0 Å². The summed E-state index contributed by atoms with van der Waals surface area (Å²) in [5, 5.41) is 8.82. The van der Waals surface area contributed by atoms with E-state index in [0.29, 0.717) is 12.3 Å². The van der Waals surface area contributed by atoms with Gasteiger partial charge < -0.3 is 19.3 Å². The number of hydrogen-bond donors (Lipinski definition) is 1. The summed E-state index contributed by atoms with van der Waals surface area (Å²) in [5.74, 6) is 0.584. The van der Waals surface area contributed by atoms with Crippen LogP contribution >= 0.6 is 0 Å². The predicted octanol–water partition coefficient (Wildman–Crippen LogP) is 2.72. The molecule has 6 heteroatoms. The second-order valence-electron chi connectivity index (χ2n) is 6.12. The van der Waals surface area contributed by atoms with E-state index < -0.39 is 11.5 Å². The first kappa shape index (κ1) is 17.1. The van der Waals surface area contributed by atoms with E-state index in [1.54, 1.807) is 11.9 Å². The molecule has 1 heterocycles. The van der Waals surface area contributed by atoms with Gasteiger partial charge in [0.25, 0.3) is 0 Å². The Morgan fingerprint density at radius 3 is 2.33 bits per heavy atom. The molecule has 1 aromatic rings. The number of carboxylic acids is 1. The van der Waals surface area contributed by atoms with Crippen LogP contribution in [0.5, 0.6) is 0 Å². The highest BCUT2D eigenvalue weighted by Gasteiger charge is 2.29. The minimum Gasteiger partial charge on any atom is -0.481 e. The second kappa shape index (κ2) is 6.65. The van der Waals surface area contributed by atoms with Gasteiger partial charge in [-0.05, 0) is 39.8 Å². The molecule has 1 aromatic heterocycles. The van der Waals surface area contributed by atoms with Crippen molar-refractivity contribution in [2.45, 2.75) is 46.2 Å². The number of aryl methyl sites for hydroxylation is 1. The summed E-state index contributed by atoms with van der Waals surface area (Å²) in [6.45, 7) is 8.04. The molecule has 0 atom stereocenters. The van der Waals surface area contributed by atoms with Gasteiger partial charge in [-0.15, -0.1) is 0 Å². The van der Waals surface area contributed by atoms with E-state index >= 15 is 0 Å². The fraction of sp³-hybridized carbons (Fsp3) is 0.600. The summed E-state index contributed by atoms with van der Waals surface area (Å²) in [5.41, 5.74) is -0.445. The Hall–Kier alpha value is -1.98. The average Bonchev–Trinajstić information content (AvgIpc) is 2.72. The zero-order valence-electron chi connectivity index (χ0n) is 13.3. The highest BCUT2D eigenvalue weighted by molar-refractivity contribution is 5.76. The lowest BCUT2D eigenvalue weighted by Gasteiger charge is -2.37. The van der Waals surface area contributed by atoms with Crippen molar-refractivity contribution >= 4 is 12.0 Å². The third-order valence-electron chi connectivity index (χ3n) is 3.11. The lowest BCUT2D eigenvalue weighted by atomic mass is 10.1. The number of carbonyl (C=O) groups excluding carboxylic acids is 1. The zero-order chi connectivity index (χ0) is 16.2. The van der Waals surface area contributed by atoms with Crippen molar-refractivity contribution in [3.8, 4) is 0 Å². The minimum atomic E-state index is -0.915. The molecule has 0 aliphatic carbocycles. The number of aliphatic carboxylic acids is 1. The third-order valence-corrected chi connectivity index (χ3v) is 3.11. The summed E-state index contributed by atoms with van der Waals surface area (Å²) >= 11 is 0. The van der Waals surface area contributed by atoms with E-state index in [0.717, 1.165) is 5.76 Å². The Labute approximate surface area is 125 Å². The Kier molecular flexibility index (Phi) is 5.41. The van der Waals surface area contributed by atoms with Gasteiger partial charge in [-0.25, -0.2) is 4.79 Å². The SMILES string of the molecule is Cc1ccc(CN(C)C(=O)N(CCC(=O)O)C(C)(C)C)o1. The summed E-state index contributed by atoms with van der Waals surface area (Å²) in [4.78, 5) is 26.4. The van der Waals surface area contributed by atoms with E-state index in [9.17, 15) is 9.59 Å². The van der Waals surface area contributed by atoms with E-state index in [2.05, 4.69) is 0 Å². The molecule has 0 unspecified atom stereocenters. The molecule has 118 valence electrons. The molecule has 0 radical (unpaired) electrons. The van der Waals surface area contributed by atoms with Crippen LogP contribution in [0, 0.1) is 6.92 Å². The summed E-state index contributed by atoms with van der Waals surface area (Å²) in [6.07, 6.45) is -0.0727. The molecular formula is C15H24N2O4. The maximum absolute atomic E-state index is 12.5. The van der Waals surface area contributed by atoms with Crippen LogP contribution < -0.4 is 0 Å². The molecule has 0 aliphatic rings. The van der Waals surface area contributed by atoms with Gasteiger partial charge >= 0.3 is 12.0 Å². The van der Waals surface area contributed by atoms with Crippen LogP contribution in [-0.2, 0) is 11.3 Å². The van der Waals surface area contributed by atoms with Crippen LogP contribution in [0.3, 0.4) is 0 Å². The van der Waals surface area contributed by atoms with Gasteiger partial charge in [-0.3, -0.25) is 4.79 Å². The lowest BCUT2D eigenvalue weighted by molar-refractivity contribution is -0.137. The Bertz CT molecular complexity index is 502. The molecule has 0 saturated carbocycles. The minimum absolute atomic E-state index is 0.0727. The molecule has 2 amide bonds. The van der Waals surface area contributed by atoms with E-state index in [-0.39, 0.29) is 19.0 Å². The topological polar surface area (TPSA) is 74.0 Å². The number of amides is 2. The predicted molar refractivity (Wildman–Crippen MR) is 79.0 cm³/mol. The number of nitrogens with zero attached hydrogens (tertiary/aromatic N) is 2. The Morgan fingerprint density at radius 2 is 1.90 bits per heavy atom. The Morgan fingerprint density at radius 1 is 1.29 bits per heavy atom. The van der Waals surface area contributed by atoms with Crippen LogP contribution in [0.25, 0.3) is 0 Å².